The molecule has 0 spiro atoms. The molecule has 1 fully saturated rings. The summed E-state index contributed by atoms with van der Waals surface area (Å²) in [5.41, 5.74) is 2.69. The van der Waals surface area contributed by atoms with Crippen molar-refractivity contribution in [3.8, 4) is 5.75 Å². The zero-order chi connectivity index (χ0) is 13.0. The first-order valence-corrected chi connectivity index (χ1v) is 6.75. The molecule has 1 heterocycles. The van der Waals surface area contributed by atoms with E-state index in [9.17, 15) is 0 Å². The maximum atomic E-state index is 5.84. The normalized spacial score (nSPS) is 23.3. The first-order chi connectivity index (χ1) is 8.59. The summed E-state index contributed by atoms with van der Waals surface area (Å²) in [6.45, 7) is 10.2. The van der Waals surface area contributed by atoms with E-state index in [0.717, 1.165) is 32.0 Å². The summed E-state index contributed by atoms with van der Waals surface area (Å²) < 4.78 is 5.84. The second-order valence-electron chi connectivity index (χ2n) is 5.53. The van der Waals surface area contributed by atoms with E-state index in [0.29, 0.717) is 0 Å². The third-order valence-corrected chi connectivity index (χ3v) is 3.62. The van der Waals surface area contributed by atoms with E-state index in [1.165, 1.54) is 17.5 Å². The van der Waals surface area contributed by atoms with Crippen LogP contribution in [0, 0.1) is 13.8 Å². The number of hydrogen-bond acceptors (Lipinski definition) is 3. The molecule has 0 bridgehead atoms. The number of benzene rings is 1. The van der Waals surface area contributed by atoms with E-state index < -0.39 is 0 Å². The van der Waals surface area contributed by atoms with Crippen molar-refractivity contribution in [2.24, 2.45) is 0 Å². The lowest BCUT2D eigenvalue weighted by molar-refractivity contribution is 0.282. The standard InChI is InChI=1S/C15H24N2O/c1-12-4-5-13(2)14(10-12)18-9-8-17-15(3)6-7-16-11-15/h4-5,10,16-17H,6-9,11H2,1-3H3. The Morgan fingerprint density at radius 2 is 2.22 bits per heavy atom. The lowest BCUT2D eigenvalue weighted by Crippen LogP contribution is -2.45. The molecule has 1 aromatic carbocycles. The van der Waals surface area contributed by atoms with Gasteiger partial charge in [0.1, 0.15) is 12.4 Å². The summed E-state index contributed by atoms with van der Waals surface area (Å²) in [6, 6.07) is 6.33. The topological polar surface area (TPSA) is 33.3 Å². The number of aryl methyl sites for hydroxylation is 2. The Kier molecular flexibility index (Phi) is 4.25. The maximum absolute atomic E-state index is 5.84. The van der Waals surface area contributed by atoms with Crippen LogP contribution in [0.2, 0.25) is 0 Å². The first-order valence-electron chi connectivity index (χ1n) is 6.75. The highest BCUT2D eigenvalue weighted by Gasteiger charge is 2.27. The SMILES string of the molecule is Cc1ccc(C)c(OCCNC2(C)CCNC2)c1. The number of hydrogen-bond donors (Lipinski definition) is 2. The average Bonchev–Trinajstić information content (AvgIpc) is 2.76. The van der Waals surface area contributed by atoms with Crippen LogP contribution in [0.3, 0.4) is 0 Å². The Morgan fingerprint density at radius 1 is 1.39 bits per heavy atom. The van der Waals surface area contributed by atoms with Crippen molar-refractivity contribution >= 4 is 0 Å². The first kappa shape index (κ1) is 13.4. The number of ether oxygens (including phenoxy) is 1. The van der Waals surface area contributed by atoms with E-state index >= 15 is 0 Å². The second kappa shape index (κ2) is 5.72. The minimum absolute atomic E-state index is 0.241. The fraction of sp³-hybridized carbons (Fsp3) is 0.600. The van der Waals surface area contributed by atoms with Gasteiger partial charge in [-0.3, -0.25) is 0 Å². The molecule has 1 saturated heterocycles. The summed E-state index contributed by atoms with van der Waals surface area (Å²) in [5, 5.41) is 6.96. The largest absolute Gasteiger partial charge is 0.492 e. The van der Waals surface area contributed by atoms with Gasteiger partial charge in [-0.2, -0.15) is 0 Å². The molecular weight excluding hydrogens is 224 g/mol. The molecule has 2 rings (SSSR count). The third-order valence-electron chi connectivity index (χ3n) is 3.62. The van der Waals surface area contributed by atoms with Gasteiger partial charge in [0.05, 0.1) is 0 Å². The molecule has 0 amide bonds. The van der Waals surface area contributed by atoms with Crippen LogP contribution in [0.25, 0.3) is 0 Å². The Balaban J connectivity index is 1.76. The molecule has 100 valence electrons. The van der Waals surface area contributed by atoms with Crippen molar-refractivity contribution in [3.05, 3.63) is 29.3 Å². The van der Waals surface area contributed by atoms with Gasteiger partial charge in [0.25, 0.3) is 0 Å². The van der Waals surface area contributed by atoms with Crippen LogP contribution in [0.5, 0.6) is 5.75 Å². The van der Waals surface area contributed by atoms with E-state index in [4.69, 9.17) is 4.74 Å². The monoisotopic (exact) mass is 248 g/mol. The number of nitrogens with one attached hydrogen (secondary N) is 2. The fourth-order valence-electron chi connectivity index (χ4n) is 2.34. The summed E-state index contributed by atoms with van der Waals surface area (Å²) in [7, 11) is 0. The van der Waals surface area contributed by atoms with Gasteiger partial charge in [0, 0.05) is 18.6 Å². The van der Waals surface area contributed by atoms with E-state index in [1.54, 1.807) is 0 Å². The maximum Gasteiger partial charge on any atom is 0.122 e. The molecule has 1 unspecified atom stereocenters. The molecule has 0 radical (unpaired) electrons. The average molecular weight is 248 g/mol. The van der Waals surface area contributed by atoms with Crippen LogP contribution in [-0.2, 0) is 0 Å². The zero-order valence-corrected chi connectivity index (χ0v) is 11.7. The molecule has 1 atom stereocenters. The van der Waals surface area contributed by atoms with Gasteiger partial charge < -0.3 is 15.4 Å². The van der Waals surface area contributed by atoms with Crippen molar-refractivity contribution in [2.75, 3.05) is 26.2 Å². The predicted octanol–water partition coefficient (Wildman–Crippen LogP) is 2.02. The highest BCUT2D eigenvalue weighted by Crippen LogP contribution is 2.19. The van der Waals surface area contributed by atoms with E-state index in [1.807, 2.05) is 0 Å². The van der Waals surface area contributed by atoms with Crippen molar-refractivity contribution in [1.29, 1.82) is 0 Å². The minimum Gasteiger partial charge on any atom is -0.492 e. The Morgan fingerprint density at radius 3 is 2.94 bits per heavy atom. The Bertz CT molecular complexity index is 397. The van der Waals surface area contributed by atoms with Crippen LogP contribution in [0.4, 0.5) is 0 Å². The summed E-state index contributed by atoms with van der Waals surface area (Å²) in [5.74, 6) is 1.01. The van der Waals surface area contributed by atoms with Crippen LogP contribution in [0.15, 0.2) is 18.2 Å². The lowest BCUT2D eigenvalue weighted by atomic mass is 10.0. The number of rotatable bonds is 5. The van der Waals surface area contributed by atoms with Crippen LogP contribution in [0.1, 0.15) is 24.5 Å². The van der Waals surface area contributed by atoms with Gasteiger partial charge in [-0.15, -0.1) is 0 Å². The molecule has 0 aromatic heterocycles. The van der Waals surface area contributed by atoms with E-state index in [2.05, 4.69) is 49.6 Å². The molecule has 18 heavy (non-hydrogen) atoms. The Labute approximate surface area is 110 Å². The molecular formula is C15H24N2O. The Hall–Kier alpha value is -1.06. The van der Waals surface area contributed by atoms with Gasteiger partial charge in [0.15, 0.2) is 0 Å². The van der Waals surface area contributed by atoms with Gasteiger partial charge in [-0.1, -0.05) is 12.1 Å². The summed E-state index contributed by atoms with van der Waals surface area (Å²) >= 11 is 0. The molecule has 3 heteroatoms. The van der Waals surface area contributed by atoms with Crippen molar-refractivity contribution < 1.29 is 4.74 Å². The third kappa shape index (κ3) is 3.47. The highest BCUT2D eigenvalue weighted by atomic mass is 16.5. The molecule has 0 aliphatic carbocycles. The molecule has 1 aliphatic heterocycles. The molecule has 2 N–H and O–H groups in total. The highest BCUT2D eigenvalue weighted by molar-refractivity contribution is 5.35. The molecule has 1 aromatic rings. The van der Waals surface area contributed by atoms with Crippen molar-refractivity contribution in [2.45, 2.75) is 32.7 Å². The molecule has 1 aliphatic rings. The van der Waals surface area contributed by atoms with Gasteiger partial charge in [0.2, 0.25) is 0 Å². The fourth-order valence-corrected chi connectivity index (χ4v) is 2.34. The summed E-state index contributed by atoms with van der Waals surface area (Å²) in [6.07, 6.45) is 1.19. The predicted molar refractivity (Wildman–Crippen MR) is 75.3 cm³/mol. The van der Waals surface area contributed by atoms with Crippen LogP contribution >= 0.6 is 0 Å². The van der Waals surface area contributed by atoms with Gasteiger partial charge in [-0.25, -0.2) is 0 Å². The minimum atomic E-state index is 0.241. The van der Waals surface area contributed by atoms with Crippen LogP contribution in [-0.4, -0.2) is 31.8 Å². The van der Waals surface area contributed by atoms with Gasteiger partial charge in [-0.05, 0) is 50.9 Å². The lowest BCUT2D eigenvalue weighted by Gasteiger charge is -2.24. The second-order valence-corrected chi connectivity index (χ2v) is 5.53. The van der Waals surface area contributed by atoms with Crippen molar-refractivity contribution in [3.63, 3.8) is 0 Å². The van der Waals surface area contributed by atoms with E-state index in [-0.39, 0.29) is 5.54 Å². The molecule has 3 nitrogen and oxygen atoms in total. The van der Waals surface area contributed by atoms with Crippen molar-refractivity contribution in [1.82, 2.24) is 10.6 Å². The van der Waals surface area contributed by atoms with Gasteiger partial charge >= 0.3 is 0 Å². The van der Waals surface area contributed by atoms with Crippen LogP contribution < -0.4 is 15.4 Å². The quantitative estimate of drug-likeness (QED) is 0.782. The smallest absolute Gasteiger partial charge is 0.122 e. The summed E-state index contributed by atoms with van der Waals surface area (Å²) in [4.78, 5) is 0. The molecule has 0 saturated carbocycles. The zero-order valence-electron chi connectivity index (χ0n) is 11.7.